The minimum Gasteiger partial charge on any atom is -0.369 e. The molecular formula is C11H15BrN6O2S. The molecule has 2 heterocycles. The van der Waals surface area contributed by atoms with E-state index in [2.05, 4.69) is 41.0 Å². The SMILES string of the molecule is CCCNc1ncc(Br)cc1S(=O)(=O)Nc1ncnn1C. The number of rotatable bonds is 6. The average molecular weight is 375 g/mol. The molecule has 0 fully saturated rings. The number of hydrogen-bond acceptors (Lipinski definition) is 6. The van der Waals surface area contributed by atoms with Crippen molar-refractivity contribution in [3.05, 3.63) is 23.1 Å². The lowest BCUT2D eigenvalue weighted by Crippen LogP contribution is -2.19. The van der Waals surface area contributed by atoms with Gasteiger partial charge in [-0.15, -0.1) is 0 Å². The molecule has 0 spiro atoms. The highest BCUT2D eigenvalue weighted by molar-refractivity contribution is 9.10. The van der Waals surface area contributed by atoms with Crippen LogP contribution in [0.1, 0.15) is 13.3 Å². The number of aromatic nitrogens is 4. The molecule has 2 N–H and O–H groups in total. The van der Waals surface area contributed by atoms with Gasteiger partial charge in [-0.25, -0.2) is 22.8 Å². The zero-order valence-corrected chi connectivity index (χ0v) is 13.9. The number of halogens is 1. The Morgan fingerprint density at radius 2 is 2.14 bits per heavy atom. The third-order valence-electron chi connectivity index (χ3n) is 2.59. The lowest BCUT2D eigenvalue weighted by Gasteiger charge is -2.12. The number of nitrogens with zero attached hydrogens (tertiary/aromatic N) is 4. The van der Waals surface area contributed by atoms with E-state index in [0.717, 1.165) is 6.42 Å². The fourth-order valence-electron chi connectivity index (χ4n) is 1.57. The molecule has 0 aliphatic rings. The van der Waals surface area contributed by atoms with Crippen LogP contribution in [0.25, 0.3) is 0 Å². The van der Waals surface area contributed by atoms with Crippen molar-refractivity contribution in [1.82, 2.24) is 19.7 Å². The van der Waals surface area contributed by atoms with Crippen molar-refractivity contribution < 1.29 is 8.42 Å². The maximum atomic E-state index is 12.5. The van der Waals surface area contributed by atoms with E-state index in [9.17, 15) is 8.42 Å². The van der Waals surface area contributed by atoms with Crippen molar-refractivity contribution in [3.8, 4) is 0 Å². The molecule has 2 aromatic heterocycles. The summed E-state index contributed by atoms with van der Waals surface area (Å²) in [5, 5.41) is 6.82. The summed E-state index contributed by atoms with van der Waals surface area (Å²) < 4.78 is 29.3. The van der Waals surface area contributed by atoms with Gasteiger partial charge in [-0.3, -0.25) is 0 Å². The van der Waals surface area contributed by atoms with Crippen molar-refractivity contribution in [2.75, 3.05) is 16.6 Å². The van der Waals surface area contributed by atoms with Gasteiger partial charge in [0, 0.05) is 24.3 Å². The standard InChI is InChI=1S/C11H15BrN6O2S/c1-3-4-13-10-9(5-8(12)6-14-10)21(19,20)17-11-15-7-16-18(11)2/h5-7H,3-4H2,1-2H3,(H,13,14)(H,15,16,17). The third kappa shape index (κ3) is 3.70. The van der Waals surface area contributed by atoms with Crippen LogP contribution < -0.4 is 10.0 Å². The Morgan fingerprint density at radius 1 is 1.38 bits per heavy atom. The van der Waals surface area contributed by atoms with E-state index in [1.165, 1.54) is 17.1 Å². The summed E-state index contributed by atoms with van der Waals surface area (Å²) in [5.74, 6) is 0.436. The molecule has 0 saturated heterocycles. The second-order valence-electron chi connectivity index (χ2n) is 4.24. The second-order valence-corrected chi connectivity index (χ2v) is 6.81. The molecule has 2 aromatic rings. The quantitative estimate of drug-likeness (QED) is 0.795. The van der Waals surface area contributed by atoms with Crippen LogP contribution in [0, 0.1) is 0 Å². The van der Waals surface area contributed by atoms with Gasteiger partial charge in [-0.05, 0) is 28.4 Å². The summed E-state index contributed by atoms with van der Waals surface area (Å²) >= 11 is 3.23. The third-order valence-corrected chi connectivity index (χ3v) is 4.36. The number of sulfonamides is 1. The van der Waals surface area contributed by atoms with Gasteiger partial charge in [0.1, 0.15) is 17.0 Å². The number of nitrogens with one attached hydrogen (secondary N) is 2. The minimum atomic E-state index is -3.82. The molecule has 2 rings (SSSR count). The molecule has 21 heavy (non-hydrogen) atoms. The first-order chi connectivity index (χ1) is 9.94. The first kappa shape index (κ1) is 15.7. The first-order valence-electron chi connectivity index (χ1n) is 6.20. The van der Waals surface area contributed by atoms with Crippen LogP contribution in [0.5, 0.6) is 0 Å². The van der Waals surface area contributed by atoms with Crippen molar-refractivity contribution in [3.63, 3.8) is 0 Å². The minimum absolute atomic E-state index is 0.0494. The summed E-state index contributed by atoms with van der Waals surface area (Å²) in [6, 6.07) is 1.49. The van der Waals surface area contributed by atoms with Crippen LogP contribution in [0.2, 0.25) is 0 Å². The maximum absolute atomic E-state index is 12.5. The highest BCUT2D eigenvalue weighted by Gasteiger charge is 2.22. The van der Waals surface area contributed by atoms with Crippen LogP contribution in [-0.2, 0) is 17.1 Å². The molecule has 0 radical (unpaired) electrons. The summed E-state index contributed by atoms with van der Waals surface area (Å²) in [6.45, 7) is 2.61. The fourth-order valence-corrected chi connectivity index (χ4v) is 3.24. The van der Waals surface area contributed by atoms with E-state index in [0.29, 0.717) is 16.8 Å². The van der Waals surface area contributed by atoms with E-state index in [-0.39, 0.29) is 10.8 Å². The number of pyridine rings is 1. The van der Waals surface area contributed by atoms with E-state index in [1.807, 2.05) is 6.92 Å². The van der Waals surface area contributed by atoms with Crippen molar-refractivity contribution in [2.24, 2.45) is 7.05 Å². The van der Waals surface area contributed by atoms with Gasteiger partial charge in [0.05, 0.1) is 0 Å². The Labute approximate surface area is 131 Å². The van der Waals surface area contributed by atoms with Gasteiger partial charge >= 0.3 is 0 Å². The molecule has 0 atom stereocenters. The molecule has 10 heteroatoms. The number of hydrogen-bond donors (Lipinski definition) is 2. The van der Waals surface area contributed by atoms with Crippen LogP contribution in [-0.4, -0.2) is 34.7 Å². The van der Waals surface area contributed by atoms with Crippen molar-refractivity contribution in [1.29, 1.82) is 0 Å². The maximum Gasteiger partial charge on any atom is 0.267 e. The molecule has 0 saturated carbocycles. The van der Waals surface area contributed by atoms with Crippen LogP contribution in [0.4, 0.5) is 11.8 Å². The smallest absolute Gasteiger partial charge is 0.267 e. The number of aryl methyl sites for hydroxylation is 1. The van der Waals surface area contributed by atoms with E-state index >= 15 is 0 Å². The lowest BCUT2D eigenvalue weighted by molar-refractivity contribution is 0.600. The van der Waals surface area contributed by atoms with Gasteiger partial charge < -0.3 is 5.32 Å². The highest BCUT2D eigenvalue weighted by atomic mass is 79.9. The summed E-state index contributed by atoms with van der Waals surface area (Å²) in [6.07, 6.45) is 3.67. The molecular weight excluding hydrogens is 360 g/mol. The van der Waals surface area contributed by atoms with Crippen molar-refractivity contribution in [2.45, 2.75) is 18.2 Å². The summed E-state index contributed by atoms with van der Waals surface area (Å²) in [5.41, 5.74) is 0. The van der Waals surface area contributed by atoms with Crippen LogP contribution >= 0.6 is 15.9 Å². The van der Waals surface area contributed by atoms with Gasteiger partial charge in [-0.1, -0.05) is 6.92 Å². The monoisotopic (exact) mass is 374 g/mol. The normalized spacial score (nSPS) is 11.4. The fraction of sp³-hybridized carbons (Fsp3) is 0.364. The highest BCUT2D eigenvalue weighted by Crippen LogP contribution is 2.24. The first-order valence-corrected chi connectivity index (χ1v) is 8.48. The van der Waals surface area contributed by atoms with E-state index < -0.39 is 10.0 Å². The predicted octanol–water partition coefficient (Wildman–Crippen LogP) is 1.60. The van der Waals surface area contributed by atoms with Gasteiger partial charge in [0.15, 0.2) is 0 Å². The zero-order valence-electron chi connectivity index (χ0n) is 11.5. The molecule has 0 aliphatic heterocycles. The zero-order chi connectivity index (χ0) is 15.5. The lowest BCUT2D eigenvalue weighted by atomic mass is 10.4. The second kappa shape index (κ2) is 6.39. The number of anilines is 2. The molecule has 8 nitrogen and oxygen atoms in total. The average Bonchev–Trinajstić information content (AvgIpc) is 2.82. The summed E-state index contributed by atoms with van der Waals surface area (Å²) in [7, 11) is -2.22. The Morgan fingerprint density at radius 3 is 2.76 bits per heavy atom. The Balaban J connectivity index is 2.38. The topological polar surface area (TPSA) is 102 Å². The Bertz CT molecular complexity index is 730. The molecule has 0 aromatic carbocycles. The Hall–Kier alpha value is -1.68. The molecule has 0 bridgehead atoms. The van der Waals surface area contributed by atoms with Gasteiger partial charge in [-0.2, -0.15) is 10.1 Å². The van der Waals surface area contributed by atoms with Crippen LogP contribution in [0.15, 0.2) is 28.0 Å². The van der Waals surface area contributed by atoms with Crippen molar-refractivity contribution >= 4 is 37.7 Å². The largest absolute Gasteiger partial charge is 0.369 e. The van der Waals surface area contributed by atoms with Gasteiger partial charge in [0.25, 0.3) is 10.0 Å². The summed E-state index contributed by atoms with van der Waals surface area (Å²) in [4.78, 5) is 8.01. The van der Waals surface area contributed by atoms with E-state index in [1.54, 1.807) is 13.2 Å². The van der Waals surface area contributed by atoms with Gasteiger partial charge in [0.2, 0.25) is 5.95 Å². The molecule has 0 aliphatic carbocycles. The molecule has 0 amide bonds. The Kier molecular flexibility index (Phi) is 4.78. The molecule has 114 valence electrons. The molecule has 0 unspecified atom stereocenters. The van der Waals surface area contributed by atoms with Crippen LogP contribution in [0.3, 0.4) is 0 Å². The van der Waals surface area contributed by atoms with E-state index in [4.69, 9.17) is 0 Å². The predicted molar refractivity (Wildman–Crippen MR) is 82.5 cm³/mol.